The number of nitrogens with one attached hydrogen (secondary N) is 1. The van der Waals surface area contributed by atoms with Crippen LogP contribution in [0.15, 0.2) is 35.3 Å². The summed E-state index contributed by atoms with van der Waals surface area (Å²) in [4.78, 5) is 18.2. The fraction of sp³-hybridized carbons (Fsp3) is 0.556. The lowest BCUT2D eigenvalue weighted by Crippen LogP contribution is -2.47. The van der Waals surface area contributed by atoms with Gasteiger partial charge in [-0.3, -0.25) is 9.79 Å². The average Bonchev–Trinajstić information content (AvgIpc) is 2.62. The van der Waals surface area contributed by atoms with Crippen molar-refractivity contribution >= 4 is 11.9 Å². The van der Waals surface area contributed by atoms with Crippen LogP contribution in [0.4, 0.5) is 0 Å². The fourth-order valence-electron chi connectivity index (χ4n) is 2.97. The monoisotopic (exact) mass is 317 g/mol. The third kappa shape index (κ3) is 4.71. The van der Waals surface area contributed by atoms with Crippen LogP contribution in [0.2, 0.25) is 0 Å². The lowest BCUT2D eigenvalue weighted by Gasteiger charge is -2.33. The quantitative estimate of drug-likeness (QED) is 0.526. The van der Waals surface area contributed by atoms with Gasteiger partial charge in [-0.15, -0.1) is 0 Å². The first kappa shape index (κ1) is 17.3. The zero-order valence-corrected chi connectivity index (χ0v) is 14.3. The van der Waals surface area contributed by atoms with Gasteiger partial charge < -0.3 is 15.0 Å². The van der Waals surface area contributed by atoms with Gasteiger partial charge in [-0.2, -0.15) is 0 Å². The van der Waals surface area contributed by atoms with E-state index >= 15 is 0 Å². The van der Waals surface area contributed by atoms with Crippen molar-refractivity contribution in [3.05, 3.63) is 35.9 Å². The molecule has 0 radical (unpaired) electrons. The third-order valence-corrected chi connectivity index (χ3v) is 4.48. The first-order chi connectivity index (χ1) is 11.2. The molecule has 1 aromatic carbocycles. The molecule has 0 saturated carbocycles. The molecule has 0 aromatic heterocycles. The number of ether oxygens (including phenoxy) is 1. The van der Waals surface area contributed by atoms with Crippen molar-refractivity contribution in [3.8, 4) is 0 Å². The molecule has 0 bridgehead atoms. The van der Waals surface area contributed by atoms with Crippen LogP contribution in [0.5, 0.6) is 0 Å². The molecule has 1 saturated heterocycles. The van der Waals surface area contributed by atoms with Crippen molar-refractivity contribution in [3.63, 3.8) is 0 Å². The molecule has 0 amide bonds. The van der Waals surface area contributed by atoms with Crippen molar-refractivity contribution in [2.45, 2.75) is 25.7 Å². The van der Waals surface area contributed by atoms with Crippen molar-refractivity contribution in [1.29, 1.82) is 0 Å². The Bertz CT molecular complexity index is 522. The van der Waals surface area contributed by atoms with Crippen LogP contribution in [0.25, 0.3) is 0 Å². The van der Waals surface area contributed by atoms with E-state index in [9.17, 15) is 4.79 Å². The lowest BCUT2D eigenvalue weighted by atomic mass is 9.97. The third-order valence-electron chi connectivity index (χ3n) is 4.48. The minimum Gasteiger partial charge on any atom is -0.469 e. The molecular formula is C18H27N3O2. The molecule has 1 aliphatic rings. The normalized spacial score (nSPS) is 17.7. The summed E-state index contributed by atoms with van der Waals surface area (Å²) in [5.41, 5.74) is 1.32. The van der Waals surface area contributed by atoms with Crippen LogP contribution >= 0.6 is 0 Å². The van der Waals surface area contributed by atoms with Crippen LogP contribution in [0, 0.1) is 5.92 Å². The maximum atomic E-state index is 11.6. The molecule has 5 heteroatoms. The molecule has 1 aromatic rings. The van der Waals surface area contributed by atoms with E-state index in [1.807, 2.05) is 13.1 Å². The molecule has 1 heterocycles. The summed E-state index contributed by atoms with van der Waals surface area (Å²) in [5.74, 6) is 1.26. The molecule has 1 aliphatic heterocycles. The number of guanidine groups is 1. The number of likely N-dealkylation sites (tertiary alicyclic amines) is 1. The zero-order chi connectivity index (χ0) is 16.7. The summed E-state index contributed by atoms with van der Waals surface area (Å²) in [6.07, 6.45) is 1.64. The van der Waals surface area contributed by atoms with Crippen LogP contribution in [0.1, 0.15) is 31.2 Å². The Morgan fingerprint density at radius 1 is 1.35 bits per heavy atom. The summed E-state index contributed by atoms with van der Waals surface area (Å²) >= 11 is 0. The van der Waals surface area contributed by atoms with E-state index in [4.69, 9.17) is 4.74 Å². The van der Waals surface area contributed by atoms with E-state index in [1.54, 1.807) is 0 Å². The highest BCUT2D eigenvalue weighted by atomic mass is 16.5. The van der Waals surface area contributed by atoms with Crippen molar-refractivity contribution in [2.75, 3.05) is 33.8 Å². The molecule has 2 rings (SSSR count). The number of piperidine rings is 1. The lowest BCUT2D eigenvalue weighted by molar-refractivity contribution is -0.146. The molecular weight excluding hydrogens is 290 g/mol. The minimum absolute atomic E-state index is 0.0256. The van der Waals surface area contributed by atoms with E-state index < -0.39 is 0 Å². The number of rotatable bonds is 4. The maximum Gasteiger partial charge on any atom is 0.308 e. The van der Waals surface area contributed by atoms with E-state index in [0.717, 1.165) is 38.4 Å². The molecule has 5 nitrogen and oxygen atoms in total. The van der Waals surface area contributed by atoms with Gasteiger partial charge >= 0.3 is 5.97 Å². The molecule has 1 fully saturated rings. The molecule has 0 aliphatic carbocycles. The molecule has 1 atom stereocenters. The second kappa shape index (κ2) is 8.56. The standard InChI is InChI=1S/C18H27N3O2/c1-14(15-7-5-4-6-8-15)13-20-18(19-2)21-11-9-16(10-12-21)17(22)23-3/h4-8,14,16H,9-13H2,1-3H3,(H,19,20). The van der Waals surface area contributed by atoms with Gasteiger partial charge in [0, 0.05) is 26.7 Å². The largest absolute Gasteiger partial charge is 0.469 e. The topological polar surface area (TPSA) is 53.9 Å². The van der Waals surface area contributed by atoms with Crippen LogP contribution in [0.3, 0.4) is 0 Å². The predicted octanol–water partition coefficient (Wildman–Crippen LogP) is 2.25. The van der Waals surface area contributed by atoms with Gasteiger partial charge in [-0.25, -0.2) is 0 Å². The minimum atomic E-state index is -0.0923. The average molecular weight is 317 g/mol. The van der Waals surface area contributed by atoms with Crippen LogP contribution in [-0.4, -0.2) is 50.6 Å². The predicted molar refractivity (Wildman–Crippen MR) is 92.5 cm³/mol. The van der Waals surface area contributed by atoms with Gasteiger partial charge in [-0.05, 0) is 24.3 Å². The number of esters is 1. The Labute approximate surface area is 138 Å². The summed E-state index contributed by atoms with van der Waals surface area (Å²) in [6, 6.07) is 10.5. The van der Waals surface area contributed by atoms with Gasteiger partial charge in [0.1, 0.15) is 0 Å². The van der Waals surface area contributed by atoms with Gasteiger partial charge in [0.05, 0.1) is 13.0 Å². The second-order valence-electron chi connectivity index (χ2n) is 6.02. The summed E-state index contributed by atoms with van der Waals surface area (Å²) < 4.78 is 4.84. The molecule has 0 spiro atoms. The second-order valence-corrected chi connectivity index (χ2v) is 6.02. The SMILES string of the molecule is CN=C(NCC(C)c1ccccc1)N1CCC(C(=O)OC)CC1. The summed E-state index contributed by atoms with van der Waals surface area (Å²) in [7, 11) is 3.27. The Kier molecular flexibility index (Phi) is 6.44. The molecule has 1 unspecified atom stereocenters. The number of methoxy groups -OCH3 is 1. The van der Waals surface area contributed by atoms with Crippen molar-refractivity contribution in [1.82, 2.24) is 10.2 Å². The smallest absolute Gasteiger partial charge is 0.308 e. The Morgan fingerprint density at radius 2 is 2.00 bits per heavy atom. The van der Waals surface area contributed by atoms with E-state index in [1.165, 1.54) is 12.7 Å². The highest BCUT2D eigenvalue weighted by Gasteiger charge is 2.27. The number of carbonyl (C=O) groups is 1. The Hall–Kier alpha value is -2.04. The van der Waals surface area contributed by atoms with E-state index in [2.05, 4.69) is 46.4 Å². The first-order valence-electron chi connectivity index (χ1n) is 8.24. The number of aliphatic imine (C=N–C) groups is 1. The maximum absolute atomic E-state index is 11.6. The number of hydrogen-bond acceptors (Lipinski definition) is 3. The van der Waals surface area contributed by atoms with Crippen molar-refractivity contribution in [2.24, 2.45) is 10.9 Å². The molecule has 1 N–H and O–H groups in total. The number of benzene rings is 1. The zero-order valence-electron chi connectivity index (χ0n) is 14.3. The Balaban J connectivity index is 1.83. The molecule has 23 heavy (non-hydrogen) atoms. The number of nitrogens with zero attached hydrogens (tertiary/aromatic N) is 2. The van der Waals surface area contributed by atoms with Crippen molar-refractivity contribution < 1.29 is 9.53 Å². The number of carbonyl (C=O) groups excluding carboxylic acids is 1. The first-order valence-corrected chi connectivity index (χ1v) is 8.24. The summed E-state index contributed by atoms with van der Waals surface area (Å²) in [6.45, 7) is 4.71. The van der Waals surface area contributed by atoms with Crippen LogP contribution in [-0.2, 0) is 9.53 Å². The molecule has 126 valence electrons. The highest BCUT2D eigenvalue weighted by molar-refractivity contribution is 5.80. The fourth-order valence-corrected chi connectivity index (χ4v) is 2.97. The van der Waals surface area contributed by atoms with Gasteiger partial charge in [0.25, 0.3) is 0 Å². The Morgan fingerprint density at radius 3 is 2.57 bits per heavy atom. The highest BCUT2D eigenvalue weighted by Crippen LogP contribution is 2.19. The summed E-state index contributed by atoms with van der Waals surface area (Å²) in [5, 5.41) is 3.46. The van der Waals surface area contributed by atoms with Crippen LogP contribution < -0.4 is 5.32 Å². The van der Waals surface area contributed by atoms with E-state index in [0.29, 0.717) is 5.92 Å². The number of hydrogen-bond donors (Lipinski definition) is 1. The van der Waals surface area contributed by atoms with Gasteiger partial charge in [0.2, 0.25) is 0 Å². The van der Waals surface area contributed by atoms with Gasteiger partial charge in [-0.1, -0.05) is 37.3 Å². The van der Waals surface area contributed by atoms with Gasteiger partial charge in [0.15, 0.2) is 5.96 Å². The van der Waals surface area contributed by atoms with E-state index in [-0.39, 0.29) is 11.9 Å².